The minimum atomic E-state index is -0.225. The van der Waals surface area contributed by atoms with Crippen molar-refractivity contribution in [2.75, 3.05) is 6.54 Å². The molecule has 3 nitrogen and oxygen atoms in total. The lowest BCUT2D eigenvalue weighted by molar-refractivity contribution is 0.552. The van der Waals surface area contributed by atoms with Gasteiger partial charge in [0.05, 0.1) is 17.2 Å². The van der Waals surface area contributed by atoms with Gasteiger partial charge in [-0.2, -0.15) is 5.10 Å². The second-order valence-electron chi connectivity index (χ2n) is 4.21. The highest BCUT2D eigenvalue weighted by Gasteiger charge is 2.00. The van der Waals surface area contributed by atoms with Crippen LogP contribution in [0.5, 0.6) is 0 Å². The average Bonchev–Trinajstić information content (AvgIpc) is 2.75. The second kappa shape index (κ2) is 6.11. The lowest BCUT2D eigenvalue weighted by Crippen LogP contribution is -2.19. The van der Waals surface area contributed by atoms with Crippen molar-refractivity contribution in [2.45, 2.75) is 20.0 Å². The molecule has 2 aromatic rings. The topological polar surface area (TPSA) is 29.9 Å². The molecular formula is C13H15BrFN3. The lowest BCUT2D eigenvalue weighted by Gasteiger charge is -2.06. The maximum Gasteiger partial charge on any atom is 0.137 e. The Morgan fingerprint density at radius 3 is 2.94 bits per heavy atom. The zero-order chi connectivity index (χ0) is 13.0. The van der Waals surface area contributed by atoms with Gasteiger partial charge in [-0.15, -0.1) is 0 Å². The maximum atomic E-state index is 13.3. The zero-order valence-corrected chi connectivity index (χ0v) is 11.7. The molecule has 5 heteroatoms. The Bertz CT molecular complexity index is 525. The summed E-state index contributed by atoms with van der Waals surface area (Å²) in [4.78, 5) is 0. The molecule has 2 rings (SSSR count). The standard InChI is InChI=1S/C13H15BrFN3/c1-10-7-17-18(9-10)5-4-16-8-11-2-3-12(14)13(15)6-11/h2-3,6-7,9,16H,4-5,8H2,1H3. The van der Waals surface area contributed by atoms with Crippen molar-refractivity contribution in [3.05, 3.63) is 52.0 Å². The van der Waals surface area contributed by atoms with Gasteiger partial charge in [-0.25, -0.2) is 4.39 Å². The number of hydrogen-bond acceptors (Lipinski definition) is 2. The summed E-state index contributed by atoms with van der Waals surface area (Å²) in [6.45, 7) is 4.29. The third-order valence-corrected chi connectivity index (χ3v) is 3.24. The molecule has 18 heavy (non-hydrogen) atoms. The normalized spacial score (nSPS) is 10.8. The van der Waals surface area contributed by atoms with Crippen LogP contribution in [0.2, 0.25) is 0 Å². The van der Waals surface area contributed by atoms with Gasteiger partial charge in [0.1, 0.15) is 5.82 Å². The van der Waals surface area contributed by atoms with Crippen molar-refractivity contribution >= 4 is 15.9 Å². The van der Waals surface area contributed by atoms with Crippen LogP contribution in [0.4, 0.5) is 4.39 Å². The van der Waals surface area contributed by atoms with Gasteiger partial charge in [-0.1, -0.05) is 6.07 Å². The molecule has 0 aliphatic rings. The van der Waals surface area contributed by atoms with E-state index in [-0.39, 0.29) is 5.82 Å². The first-order valence-corrected chi connectivity index (χ1v) is 6.58. The van der Waals surface area contributed by atoms with E-state index in [1.54, 1.807) is 6.07 Å². The zero-order valence-electron chi connectivity index (χ0n) is 10.2. The summed E-state index contributed by atoms with van der Waals surface area (Å²) in [5.74, 6) is -0.225. The summed E-state index contributed by atoms with van der Waals surface area (Å²) in [5, 5.41) is 7.46. The van der Waals surface area contributed by atoms with Crippen LogP contribution in [-0.4, -0.2) is 16.3 Å². The monoisotopic (exact) mass is 311 g/mol. The number of rotatable bonds is 5. The molecule has 0 saturated heterocycles. The van der Waals surface area contributed by atoms with Gasteiger partial charge >= 0.3 is 0 Å². The molecule has 1 N–H and O–H groups in total. The predicted octanol–water partition coefficient (Wildman–Crippen LogP) is 2.88. The van der Waals surface area contributed by atoms with Gasteiger partial charge in [0, 0.05) is 19.3 Å². The molecular weight excluding hydrogens is 297 g/mol. The van der Waals surface area contributed by atoms with Crippen molar-refractivity contribution in [3.63, 3.8) is 0 Å². The third-order valence-electron chi connectivity index (χ3n) is 2.59. The first-order valence-electron chi connectivity index (χ1n) is 5.79. The van der Waals surface area contributed by atoms with Crippen molar-refractivity contribution in [1.29, 1.82) is 0 Å². The number of hydrogen-bond donors (Lipinski definition) is 1. The number of nitrogens with zero attached hydrogens (tertiary/aromatic N) is 2. The van der Waals surface area contributed by atoms with Crippen LogP contribution < -0.4 is 5.32 Å². The Morgan fingerprint density at radius 2 is 2.28 bits per heavy atom. The Hall–Kier alpha value is -1.20. The molecule has 0 bridgehead atoms. The molecule has 0 amide bonds. The Kier molecular flexibility index (Phi) is 4.49. The van der Waals surface area contributed by atoms with Crippen LogP contribution in [0.1, 0.15) is 11.1 Å². The van der Waals surface area contributed by atoms with Crippen LogP contribution in [0.3, 0.4) is 0 Å². The van der Waals surface area contributed by atoms with E-state index in [0.29, 0.717) is 11.0 Å². The van der Waals surface area contributed by atoms with E-state index in [0.717, 1.165) is 24.2 Å². The lowest BCUT2D eigenvalue weighted by atomic mass is 10.2. The summed E-state index contributed by atoms with van der Waals surface area (Å²) in [6, 6.07) is 5.16. The molecule has 0 aliphatic carbocycles. The van der Waals surface area contributed by atoms with Crippen molar-refractivity contribution in [2.24, 2.45) is 0 Å². The molecule has 1 aromatic heterocycles. The van der Waals surface area contributed by atoms with Crippen molar-refractivity contribution in [1.82, 2.24) is 15.1 Å². The van der Waals surface area contributed by atoms with Gasteiger partial charge in [-0.3, -0.25) is 4.68 Å². The molecule has 96 valence electrons. The van der Waals surface area contributed by atoms with Gasteiger partial charge in [0.25, 0.3) is 0 Å². The van der Waals surface area contributed by atoms with E-state index in [4.69, 9.17) is 0 Å². The molecule has 1 heterocycles. The highest BCUT2D eigenvalue weighted by atomic mass is 79.9. The van der Waals surface area contributed by atoms with Crippen LogP contribution in [0.15, 0.2) is 35.1 Å². The summed E-state index contributed by atoms with van der Waals surface area (Å²) >= 11 is 3.14. The molecule has 0 spiro atoms. The van der Waals surface area contributed by atoms with Crippen LogP contribution in [0, 0.1) is 12.7 Å². The van der Waals surface area contributed by atoms with Gasteiger partial charge < -0.3 is 5.32 Å². The number of benzene rings is 1. The minimum absolute atomic E-state index is 0.225. The first kappa shape index (κ1) is 13.2. The van der Waals surface area contributed by atoms with E-state index in [2.05, 4.69) is 26.3 Å². The van der Waals surface area contributed by atoms with E-state index in [1.807, 2.05) is 30.1 Å². The Labute approximate surface area is 114 Å². The van der Waals surface area contributed by atoms with Crippen molar-refractivity contribution < 1.29 is 4.39 Å². The smallest absolute Gasteiger partial charge is 0.137 e. The molecule has 0 unspecified atom stereocenters. The molecule has 0 atom stereocenters. The average molecular weight is 312 g/mol. The van der Waals surface area contributed by atoms with Gasteiger partial charge in [0.15, 0.2) is 0 Å². The molecule has 0 fully saturated rings. The van der Waals surface area contributed by atoms with Gasteiger partial charge in [-0.05, 0) is 46.1 Å². The highest BCUT2D eigenvalue weighted by Crippen LogP contribution is 2.16. The molecule has 0 radical (unpaired) electrons. The molecule has 1 aromatic carbocycles. The largest absolute Gasteiger partial charge is 0.311 e. The summed E-state index contributed by atoms with van der Waals surface area (Å²) in [7, 11) is 0. The number of halogens is 2. The van der Waals surface area contributed by atoms with E-state index >= 15 is 0 Å². The third kappa shape index (κ3) is 3.65. The predicted molar refractivity (Wildman–Crippen MR) is 72.8 cm³/mol. The Balaban J connectivity index is 1.76. The molecule has 0 saturated carbocycles. The fourth-order valence-corrected chi connectivity index (χ4v) is 1.91. The van der Waals surface area contributed by atoms with Crippen LogP contribution >= 0.6 is 15.9 Å². The minimum Gasteiger partial charge on any atom is -0.311 e. The number of aromatic nitrogens is 2. The van der Waals surface area contributed by atoms with E-state index in [1.165, 1.54) is 6.07 Å². The Morgan fingerprint density at radius 1 is 1.44 bits per heavy atom. The SMILES string of the molecule is Cc1cnn(CCNCc2ccc(Br)c(F)c2)c1. The summed E-state index contributed by atoms with van der Waals surface area (Å²) < 4.78 is 15.7. The summed E-state index contributed by atoms with van der Waals surface area (Å²) in [5.41, 5.74) is 2.09. The summed E-state index contributed by atoms with van der Waals surface area (Å²) in [6.07, 6.45) is 3.84. The van der Waals surface area contributed by atoms with Crippen LogP contribution in [0.25, 0.3) is 0 Å². The van der Waals surface area contributed by atoms with Crippen LogP contribution in [-0.2, 0) is 13.1 Å². The van der Waals surface area contributed by atoms with Crippen molar-refractivity contribution in [3.8, 4) is 0 Å². The number of nitrogens with one attached hydrogen (secondary N) is 1. The first-order chi connectivity index (χ1) is 8.65. The fraction of sp³-hybridized carbons (Fsp3) is 0.308. The van der Waals surface area contributed by atoms with E-state index in [9.17, 15) is 4.39 Å². The quantitative estimate of drug-likeness (QED) is 0.861. The maximum absolute atomic E-state index is 13.3. The second-order valence-corrected chi connectivity index (χ2v) is 5.06. The van der Waals surface area contributed by atoms with Gasteiger partial charge in [0.2, 0.25) is 0 Å². The highest BCUT2D eigenvalue weighted by molar-refractivity contribution is 9.10. The number of aryl methyl sites for hydroxylation is 1. The fourth-order valence-electron chi connectivity index (χ4n) is 1.67. The molecule has 0 aliphatic heterocycles. The van der Waals surface area contributed by atoms with E-state index < -0.39 is 0 Å².